The van der Waals surface area contributed by atoms with E-state index in [-0.39, 0.29) is 18.3 Å². The van der Waals surface area contributed by atoms with Crippen LogP contribution in [-0.2, 0) is 21.2 Å². The number of sulfonamides is 1. The zero-order valence-electron chi connectivity index (χ0n) is 12.1. The Morgan fingerprint density at radius 1 is 1.29 bits per heavy atom. The lowest BCUT2D eigenvalue weighted by Gasteiger charge is -2.35. The molecule has 0 aliphatic carbocycles. The molecule has 0 radical (unpaired) electrons. The second kappa shape index (κ2) is 6.58. The second-order valence-electron chi connectivity index (χ2n) is 5.58. The first-order valence-corrected chi connectivity index (χ1v) is 8.77. The maximum Gasteiger partial charge on any atom is 0.307 e. The van der Waals surface area contributed by atoms with E-state index in [1.54, 1.807) is 0 Å². The SMILES string of the molecule is CC1CCC(C(=O)O)CN1S(=O)(=O)CCc1ccccc1. The van der Waals surface area contributed by atoms with Crippen molar-refractivity contribution in [2.75, 3.05) is 12.3 Å². The quantitative estimate of drug-likeness (QED) is 0.899. The molecule has 1 aliphatic heterocycles. The molecule has 1 aromatic rings. The summed E-state index contributed by atoms with van der Waals surface area (Å²) in [5.74, 6) is -1.48. The molecule has 0 aromatic heterocycles. The van der Waals surface area contributed by atoms with Crippen molar-refractivity contribution in [1.82, 2.24) is 4.31 Å². The van der Waals surface area contributed by atoms with Gasteiger partial charge in [-0.2, -0.15) is 4.31 Å². The molecule has 2 atom stereocenters. The average molecular weight is 311 g/mol. The van der Waals surface area contributed by atoms with Crippen LogP contribution in [-0.4, -0.2) is 42.1 Å². The van der Waals surface area contributed by atoms with Gasteiger partial charge in [-0.15, -0.1) is 0 Å². The summed E-state index contributed by atoms with van der Waals surface area (Å²) in [6, 6.07) is 9.33. The maximum absolute atomic E-state index is 12.5. The summed E-state index contributed by atoms with van der Waals surface area (Å²) < 4.78 is 26.3. The van der Waals surface area contributed by atoms with Crippen molar-refractivity contribution < 1.29 is 18.3 Å². The Hall–Kier alpha value is -1.40. The lowest BCUT2D eigenvalue weighted by Crippen LogP contribution is -2.48. The predicted molar refractivity (Wildman–Crippen MR) is 80.5 cm³/mol. The highest BCUT2D eigenvalue weighted by Gasteiger charge is 2.36. The minimum Gasteiger partial charge on any atom is -0.481 e. The van der Waals surface area contributed by atoms with Crippen molar-refractivity contribution >= 4 is 16.0 Å². The number of hydrogen-bond donors (Lipinski definition) is 1. The number of nitrogens with zero attached hydrogens (tertiary/aromatic N) is 1. The highest BCUT2D eigenvalue weighted by molar-refractivity contribution is 7.89. The van der Waals surface area contributed by atoms with Crippen LogP contribution in [0.25, 0.3) is 0 Å². The van der Waals surface area contributed by atoms with Gasteiger partial charge in [0.2, 0.25) is 10.0 Å². The fraction of sp³-hybridized carbons (Fsp3) is 0.533. The molecule has 1 fully saturated rings. The van der Waals surface area contributed by atoms with Crippen molar-refractivity contribution in [3.63, 3.8) is 0 Å². The van der Waals surface area contributed by atoms with Crippen LogP contribution in [0, 0.1) is 5.92 Å². The van der Waals surface area contributed by atoms with Crippen LogP contribution in [0.3, 0.4) is 0 Å². The van der Waals surface area contributed by atoms with E-state index in [0.29, 0.717) is 19.3 Å². The van der Waals surface area contributed by atoms with Gasteiger partial charge in [-0.3, -0.25) is 4.79 Å². The average Bonchev–Trinajstić information content (AvgIpc) is 2.46. The first-order valence-electron chi connectivity index (χ1n) is 7.16. The third-order valence-electron chi connectivity index (χ3n) is 4.02. The smallest absolute Gasteiger partial charge is 0.307 e. The molecule has 116 valence electrons. The summed E-state index contributed by atoms with van der Waals surface area (Å²) in [6.45, 7) is 1.94. The standard InChI is InChI=1S/C15H21NO4S/c1-12-7-8-14(15(17)18)11-16(12)21(19,20)10-9-13-5-3-2-4-6-13/h2-6,12,14H,7-11H2,1H3,(H,17,18). The molecule has 0 spiro atoms. The highest BCUT2D eigenvalue weighted by Crippen LogP contribution is 2.25. The van der Waals surface area contributed by atoms with Crippen LogP contribution < -0.4 is 0 Å². The lowest BCUT2D eigenvalue weighted by atomic mass is 9.96. The Kier molecular flexibility index (Phi) is 5.00. The molecule has 5 nitrogen and oxygen atoms in total. The molecule has 1 aromatic carbocycles. The van der Waals surface area contributed by atoms with Gasteiger partial charge < -0.3 is 5.11 Å². The number of hydrogen-bond acceptors (Lipinski definition) is 3. The second-order valence-corrected chi connectivity index (χ2v) is 7.62. The minimum atomic E-state index is -3.43. The Morgan fingerprint density at radius 3 is 2.57 bits per heavy atom. The maximum atomic E-state index is 12.5. The predicted octanol–water partition coefficient (Wildman–Crippen LogP) is 1.74. The van der Waals surface area contributed by atoms with Crippen LogP contribution in [0.15, 0.2) is 30.3 Å². The number of carboxylic acids is 1. The Morgan fingerprint density at radius 2 is 1.95 bits per heavy atom. The molecule has 2 rings (SSSR count). The fourth-order valence-corrected chi connectivity index (χ4v) is 4.46. The molecule has 0 amide bonds. The van der Waals surface area contributed by atoms with Crippen LogP contribution in [0.4, 0.5) is 0 Å². The van der Waals surface area contributed by atoms with Gasteiger partial charge in [0.1, 0.15) is 0 Å². The molecular formula is C15H21NO4S. The Labute approximate surface area is 125 Å². The molecule has 2 unspecified atom stereocenters. The van der Waals surface area contributed by atoms with Gasteiger partial charge in [0, 0.05) is 12.6 Å². The van der Waals surface area contributed by atoms with E-state index in [9.17, 15) is 13.2 Å². The van der Waals surface area contributed by atoms with Gasteiger partial charge in [-0.1, -0.05) is 30.3 Å². The number of piperidine rings is 1. The summed E-state index contributed by atoms with van der Waals surface area (Å²) >= 11 is 0. The van der Waals surface area contributed by atoms with Gasteiger partial charge in [0.05, 0.1) is 11.7 Å². The number of aliphatic carboxylic acids is 1. The van der Waals surface area contributed by atoms with Crippen LogP contribution >= 0.6 is 0 Å². The summed E-state index contributed by atoms with van der Waals surface area (Å²) in [7, 11) is -3.43. The van der Waals surface area contributed by atoms with Gasteiger partial charge in [0.25, 0.3) is 0 Å². The molecule has 6 heteroatoms. The number of carboxylic acid groups (broad SMARTS) is 1. The summed E-state index contributed by atoms with van der Waals surface area (Å²) in [5, 5.41) is 9.09. The van der Waals surface area contributed by atoms with E-state index in [1.165, 1.54) is 4.31 Å². The largest absolute Gasteiger partial charge is 0.481 e. The first kappa shape index (κ1) is 16.0. The molecule has 1 aliphatic rings. The van der Waals surface area contributed by atoms with Gasteiger partial charge >= 0.3 is 5.97 Å². The lowest BCUT2D eigenvalue weighted by molar-refractivity contribution is -0.143. The highest BCUT2D eigenvalue weighted by atomic mass is 32.2. The van der Waals surface area contributed by atoms with Gasteiger partial charge in [-0.25, -0.2) is 8.42 Å². The van der Waals surface area contributed by atoms with E-state index in [4.69, 9.17) is 5.11 Å². The Bertz CT molecular complexity index is 585. The van der Waals surface area contributed by atoms with Crippen molar-refractivity contribution in [2.45, 2.75) is 32.2 Å². The summed E-state index contributed by atoms with van der Waals surface area (Å²) in [6.07, 6.45) is 1.59. The van der Waals surface area contributed by atoms with E-state index in [1.807, 2.05) is 37.3 Å². The molecule has 0 bridgehead atoms. The van der Waals surface area contributed by atoms with E-state index < -0.39 is 21.9 Å². The molecule has 1 N–H and O–H groups in total. The molecular weight excluding hydrogens is 290 g/mol. The van der Waals surface area contributed by atoms with Crippen molar-refractivity contribution in [3.8, 4) is 0 Å². The number of carbonyl (C=O) groups is 1. The molecule has 1 saturated heterocycles. The summed E-state index contributed by atoms with van der Waals surface area (Å²) in [4.78, 5) is 11.1. The van der Waals surface area contributed by atoms with Crippen LogP contribution in [0.1, 0.15) is 25.3 Å². The molecule has 1 heterocycles. The summed E-state index contributed by atoms with van der Waals surface area (Å²) in [5.41, 5.74) is 0.973. The third-order valence-corrected chi connectivity index (χ3v) is 5.97. The van der Waals surface area contributed by atoms with Crippen LogP contribution in [0.5, 0.6) is 0 Å². The number of rotatable bonds is 5. The van der Waals surface area contributed by atoms with Crippen LogP contribution in [0.2, 0.25) is 0 Å². The normalized spacial score (nSPS) is 23.9. The van der Waals surface area contributed by atoms with E-state index >= 15 is 0 Å². The first-order chi connectivity index (χ1) is 9.90. The third kappa shape index (κ3) is 4.04. The fourth-order valence-electron chi connectivity index (χ4n) is 2.67. The van der Waals surface area contributed by atoms with Gasteiger partial charge in [0.15, 0.2) is 0 Å². The Balaban J connectivity index is 2.05. The van der Waals surface area contributed by atoms with Gasteiger partial charge in [-0.05, 0) is 31.7 Å². The minimum absolute atomic E-state index is 0.0215. The topological polar surface area (TPSA) is 74.7 Å². The van der Waals surface area contributed by atoms with Crippen molar-refractivity contribution in [2.24, 2.45) is 5.92 Å². The monoisotopic (exact) mass is 311 g/mol. The number of benzene rings is 1. The van der Waals surface area contributed by atoms with Crippen molar-refractivity contribution in [1.29, 1.82) is 0 Å². The molecule has 21 heavy (non-hydrogen) atoms. The molecule has 0 saturated carbocycles. The van der Waals surface area contributed by atoms with E-state index in [2.05, 4.69) is 0 Å². The van der Waals surface area contributed by atoms with Crippen molar-refractivity contribution in [3.05, 3.63) is 35.9 Å². The zero-order chi connectivity index (χ0) is 15.5. The zero-order valence-corrected chi connectivity index (χ0v) is 12.9. The van der Waals surface area contributed by atoms with E-state index in [0.717, 1.165) is 5.56 Å². The number of aryl methyl sites for hydroxylation is 1.